The van der Waals surface area contributed by atoms with Gasteiger partial charge in [-0.3, -0.25) is 10.3 Å². The lowest BCUT2D eigenvalue weighted by Gasteiger charge is -2.03. The fourth-order valence-corrected chi connectivity index (χ4v) is 1.51. The van der Waals surface area contributed by atoms with E-state index in [0.717, 1.165) is 5.56 Å². The van der Waals surface area contributed by atoms with Crippen LogP contribution in [0.1, 0.15) is 11.3 Å². The third-order valence-electron chi connectivity index (χ3n) is 2.31. The van der Waals surface area contributed by atoms with Crippen LogP contribution in [0.3, 0.4) is 0 Å². The zero-order valence-electron chi connectivity index (χ0n) is 9.58. The van der Waals surface area contributed by atoms with Crippen LogP contribution in [0.5, 0.6) is 0 Å². The summed E-state index contributed by atoms with van der Waals surface area (Å²) in [6.07, 6.45) is 4.19. The van der Waals surface area contributed by atoms with Gasteiger partial charge in [0.2, 0.25) is 0 Å². The minimum atomic E-state index is -1.10. The first-order chi connectivity index (χ1) is 8.75. The zero-order valence-corrected chi connectivity index (χ0v) is 9.58. The van der Waals surface area contributed by atoms with E-state index in [4.69, 9.17) is 5.11 Å². The summed E-state index contributed by atoms with van der Waals surface area (Å²) in [5.41, 5.74) is 2.09. The van der Waals surface area contributed by atoms with Gasteiger partial charge in [0.15, 0.2) is 0 Å². The van der Waals surface area contributed by atoms with Crippen LogP contribution in [0.15, 0.2) is 48.7 Å². The van der Waals surface area contributed by atoms with Crippen molar-refractivity contribution < 1.29 is 9.90 Å². The summed E-state index contributed by atoms with van der Waals surface area (Å²) in [5, 5.41) is 11.0. The smallest absolute Gasteiger partial charge is 0.409 e. The number of rotatable bonds is 3. The van der Waals surface area contributed by atoms with Crippen LogP contribution in [0.4, 0.5) is 10.5 Å². The molecule has 2 rings (SSSR count). The molecule has 1 amide bonds. The molecule has 0 aliphatic heterocycles. The van der Waals surface area contributed by atoms with E-state index in [1.54, 1.807) is 24.4 Å². The quantitative estimate of drug-likeness (QED) is 0.864. The van der Waals surface area contributed by atoms with Crippen molar-refractivity contribution in [3.8, 4) is 0 Å². The number of hydrogen-bond acceptors (Lipinski definition) is 2. The Morgan fingerprint density at radius 1 is 1.11 bits per heavy atom. The minimum absolute atomic E-state index is 0.470. The maximum Gasteiger partial charge on any atom is 0.409 e. The molecule has 0 radical (unpaired) electrons. The van der Waals surface area contributed by atoms with Gasteiger partial charge in [0.25, 0.3) is 0 Å². The first-order valence-electron chi connectivity index (χ1n) is 5.44. The number of benzene rings is 1. The average Bonchev–Trinajstić information content (AvgIpc) is 2.38. The normalized spacial score (nSPS) is 10.4. The van der Waals surface area contributed by atoms with Crippen molar-refractivity contribution in [3.05, 3.63) is 59.9 Å². The lowest BCUT2D eigenvalue weighted by atomic mass is 10.2. The SMILES string of the molecule is O=C(O)Nc1cccnc1C=Cc1ccccc1. The van der Waals surface area contributed by atoms with E-state index in [2.05, 4.69) is 10.3 Å². The molecule has 1 heterocycles. The Bertz CT molecular complexity index is 565. The second-order valence-electron chi connectivity index (χ2n) is 3.61. The molecular weight excluding hydrogens is 228 g/mol. The maximum absolute atomic E-state index is 10.6. The number of hydrogen-bond donors (Lipinski definition) is 2. The van der Waals surface area contributed by atoms with Gasteiger partial charge >= 0.3 is 6.09 Å². The van der Waals surface area contributed by atoms with Crippen LogP contribution in [0.2, 0.25) is 0 Å². The largest absolute Gasteiger partial charge is 0.465 e. The van der Waals surface area contributed by atoms with Crippen molar-refractivity contribution in [1.82, 2.24) is 4.98 Å². The van der Waals surface area contributed by atoms with E-state index in [0.29, 0.717) is 11.4 Å². The number of carboxylic acid groups (broad SMARTS) is 1. The molecule has 1 aromatic carbocycles. The number of nitrogens with one attached hydrogen (secondary N) is 1. The molecule has 0 aliphatic carbocycles. The summed E-state index contributed by atoms with van der Waals surface area (Å²) in [6, 6.07) is 13.1. The second kappa shape index (κ2) is 5.63. The summed E-state index contributed by atoms with van der Waals surface area (Å²) in [5.74, 6) is 0. The van der Waals surface area contributed by atoms with E-state index in [1.165, 1.54) is 0 Å². The molecule has 0 atom stereocenters. The van der Waals surface area contributed by atoms with Gasteiger partial charge in [0.1, 0.15) is 0 Å². The van der Waals surface area contributed by atoms with Crippen LogP contribution < -0.4 is 5.32 Å². The molecule has 0 unspecified atom stereocenters. The summed E-state index contributed by atoms with van der Waals surface area (Å²) < 4.78 is 0. The molecule has 0 saturated carbocycles. The highest BCUT2D eigenvalue weighted by atomic mass is 16.4. The molecule has 90 valence electrons. The highest BCUT2D eigenvalue weighted by Gasteiger charge is 2.02. The topological polar surface area (TPSA) is 62.2 Å². The maximum atomic E-state index is 10.6. The van der Waals surface area contributed by atoms with Gasteiger partial charge in [0, 0.05) is 6.20 Å². The van der Waals surface area contributed by atoms with Gasteiger partial charge < -0.3 is 5.11 Å². The molecule has 2 N–H and O–H groups in total. The van der Waals surface area contributed by atoms with Crippen molar-refractivity contribution in [2.75, 3.05) is 5.32 Å². The van der Waals surface area contributed by atoms with Crippen LogP contribution in [-0.2, 0) is 0 Å². The third kappa shape index (κ3) is 3.18. The second-order valence-corrected chi connectivity index (χ2v) is 3.61. The van der Waals surface area contributed by atoms with E-state index >= 15 is 0 Å². The van der Waals surface area contributed by atoms with Gasteiger partial charge in [-0.15, -0.1) is 0 Å². The summed E-state index contributed by atoms with van der Waals surface area (Å²) in [4.78, 5) is 14.8. The Morgan fingerprint density at radius 2 is 1.89 bits per heavy atom. The van der Waals surface area contributed by atoms with Crippen molar-refractivity contribution in [1.29, 1.82) is 0 Å². The first kappa shape index (κ1) is 11.9. The van der Waals surface area contributed by atoms with Gasteiger partial charge in [-0.2, -0.15) is 0 Å². The standard InChI is InChI=1S/C14H12N2O2/c17-14(18)16-13-7-4-10-15-12(13)9-8-11-5-2-1-3-6-11/h1-10,16H,(H,17,18). The third-order valence-corrected chi connectivity index (χ3v) is 2.31. The molecule has 0 fully saturated rings. The Balaban J connectivity index is 2.23. The molecule has 0 aliphatic rings. The van der Waals surface area contributed by atoms with Crippen molar-refractivity contribution in [3.63, 3.8) is 0 Å². The highest BCUT2D eigenvalue weighted by Crippen LogP contribution is 2.15. The molecule has 0 saturated heterocycles. The predicted octanol–water partition coefficient (Wildman–Crippen LogP) is 3.34. The monoisotopic (exact) mass is 240 g/mol. The van der Waals surface area contributed by atoms with E-state index in [9.17, 15) is 4.79 Å². The number of pyridine rings is 1. The van der Waals surface area contributed by atoms with E-state index in [1.807, 2.05) is 36.4 Å². The fraction of sp³-hybridized carbons (Fsp3) is 0. The summed E-state index contributed by atoms with van der Waals surface area (Å²) >= 11 is 0. The molecule has 2 aromatic rings. The lowest BCUT2D eigenvalue weighted by molar-refractivity contribution is 0.209. The number of aromatic nitrogens is 1. The minimum Gasteiger partial charge on any atom is -0.465 e. The lowest BCUT2D eigenvalue weighted by Crippen LogP contribution is -2.08. The van der Waals surface area contributed by atoms with Crippen LogP contribution in [0, 0.1) is 0 Å². The Hall–Kier alpha value is -2.62. The summed E-state index contributed by atoms with van der Waals surface area (Å²) in [6.45, 7) is 0. The van der Waals surface area contributed by atoms with Crippen LogP contribution >= 0.6 is 0 Å². The van der Waals surface area contributed by atoms with Crippen molar-refractivity contribution in [2.24, 2.45) is 0 Å². The molecule has 18 heavy (non-hydrogen) atoms. The number of nitrogens with zero attached hydrogens (tertiary/aromatic N) is 1. The molecular formula is C14H12N2O2. The molecule has 0 bridgehead atoms. The van der Waals surface area contributed by atoms with Gasteiger partial charge in [-0.1, -0.05) is 36.4 Å². The van der Waals surface area contributed by atoms with Crippen molar-refractivity contribution >= 4 is 23.9 Å². The van der Waals surface area contributed by atoms with Gasteiger partial charge in [0.05, 0.1) is 11.4 Å². The Labute approximate surface area is 105 Å². The van der Waals surface area contributed by atoms with Crippen LogP contribution in [0.25, 0.3) is 12.2 Å². The predicted molar refractivity (Wildman–Crippen MR) is 71.3 cm³/mol. The van der Waals surface area contributed by atoms with Gasteiger partial charge in [-0.05, 0) is 23.8 Å². The number of anilines is 1. The van der Waals surface area contributed by atoms with E-state index in [-0.39, 0.29) is 0 Å². The van der Waals surface area contributed by atoms with Crippen LogP contribution in [-0.4, -0.2) is 16.2 Å². The molecule has 4 nitrogen and oxygen atoms in total. The first-order valence-corrected chi connectivity index (χ1v) is 5.44. The molecule has 4 heteroatoms. The Morgan fingerprint density at radius 3 is 2.61 bits per heavy atom. The number of carbonyl (C=O) groups is 1. The van der Waals surface area contributed by atoms with Crippen molar-refractivity contribution in [2.45, 2.75) is 0 Å². The summed E-state index contributed by atoms with van der Waals surface area (Å²) in [7, 11) is 0. The van der Waals surface area contributed by atoms with E-state index < -0.39 is 6.09 Å². The van der Waals surface area contributed by atoms with Gasteiger partial charge in [-0.25, -0.2) is 4.79 Å². The average molecular weight is 240 g/mol. The zero-order chi connectivity index (χ0) is 12.8. The highest BCUT2D eigenvalue weighted by molar-refractivity contribution is 5.87. The Kier molecular flexibility index (Phi) is 3.71. The fourth-order valence-electron chi connectivity index (χ4n) is 1.51. The molecule has 0 spiro atoms. The number of amides is 1. The molecule has 1 aromatic heterocycles.